The summed E-state index contributed by atoms with van der Waals surface area (Å²) in [6.07, 6.45) is 2.88. The number of nitro groups is 1. The lowest BCUT2D eigenvalue weighted by molar-refractivity contribution is -0.386. The summed E-state index contributed by atoms with van der Waals surface area (Å²) in [5.74, 6) is 0. The predicted molar refractivity (Wildman–Crippen MR) is 51.2 cm³/mol. The summed E-state index contributed by atoms with van der Waals surface area (Å²) in [5.41, 5.74) is 0.635. The van der Waals surface area contributed by atoms with Crippen LogP contribution >= 0.6 is 31.9 Å². The van der Waals surface area contributed by atoms with E-state index in [1.165, 1.54) is 12.4 Å². The lowest BCUT2D eigenvalue weighted by Crippen LogP contribution is -1.95. The molecule has 1 aromatic rings. The molecule has 0 fully saturated rings. The highest BCUT2D eigenvalue weighted by Gasteiger charge is 2.17. The predicted octanol–water partition coefficient (Wildman–Crippen LogP) is 2.65. The first kappa shape index (κ1) is 9.60. The second-order valence-electron chi connectivity index (χ2n) is 2.02. The average molecular weight is 296 g/mol. The van der Waals surface area contributed by atoms with Gasteiger partial charge in [-0.1, -0.05) is 15.9 Å². The molecule has 0 unspecified atom stereocenters. The van der Waals surface area contributed by atoms with Crippen LogP contribution in [0.5, 0.6) is 0 Å². The van der Waals surface area contributed by atoms with Crippen LogP contribution in [0, 0.1) is 10.1 Å². The molecular formula is C6H4Br2N2O2. The number of hydrogen-bond acceptors (Lipinski definition) is 3. The Balaban J connectivity index is 3.29. The van der Waals surface area contributed by atoms with E-state index in [1.54, 1.807) is 0 Å². The first-order valence-corrected chi connectivity index (χ1v) is 4.91. The van der Waals surface area contributed by atoms with Gasteiger partial charge in [-0.2, -0.15) is 0 Å². The van der Waals surface area contributed by atoms with Crippen molar-refractivity contribution in [1.82, 2.24) is 4.98 Å². The second kappa shape index (κ2) is 3.95. The highest BCUT2D eigenvalue weighted by atomic mass is 79.9. The summed E-state index contributed by atoms with van der Waals surface area (Å²) in [6, 6.07) is 0. The molecule has 0 amide bonds. The van der Waals surface area contributed by atoms with Gasteiger partial charge in [0.1, 0.15) is 4.47 Å². The van der Waals surface area contributed by atoms with E-state index in [0.29, 0.717) is 15.4 Å². The van der Waals surface area contributed by atoms with Crippen LogP contribution < -0.4 is 0 Å². The Morgan fingerprint density at radius 3 is 2.67 bits per heavy atom. The van der Waals surface area contributed by atoms with Gasteiger partial charge >= 0.3 is 0 Å². The quantitative estimate of drug-likeness (QED) is 0.479. The third-order valence-electron chi connectivity index (χ3n) is 1.28. The fourth-order valence-electron chi connectivity index (χ4n) is 0.771. The van der Waals surface area contributed by atoms with Crippen molar-refractivity contribution < 1.29 is 4.92 Å². The van der Waals surface area contributed by atoms with E-state index in [-0.39, 0.29) is 5.69 Å². The molecule has 1 rings (SSSR count). The van der Waals surface area contributed by atoms with Gasteiger partial charge in [0.05, 0.1) is 10.5 Å². The Labute approximate surface area is 85.4 Å². The number of halogens is 2. The zero-order chi connectivity index (χ0) is 9.14. The molecule has 0 aromatic carbocycles. The smallest absolute Gasteiger partial charge is 0.263 e. The summed E-state index contributed by atoms with van der Waals surface area (Å²) in [5, 5.41) is 11.0. The third-order valence-corrected chi connectivity index (χ3v) is 2.46. The van der Waals surface area contributed by atoms with Crippen molar-refractivity contribution in [2.45, 2.75) is 5.33 Å². The minimum absolute atomic E-state index is 0.0712. The van der Waals surface area contributed by atoms with Crippen molar-refractivity contribution in [3.05, 3.63) is 32.5 Å². The molecule has 0 bridgehead atoms. The Morgan fingerprint density at radius 1 is 1.58 bits per heavy atom. The lowest BCUT2D eigenvalue weighted by Gasteiger charge is -1.98. The normalized spacial score (nSPS) is 9.83. The van der Waals surface area contributed by atoms with Crippen LogP contribution in [-0.4, -0.2) is 9.91 Å². The topological polar surface area (TPSA) is 56.0 Å². The molecule has 6 heteroatoms. The Morgan fingerprint density at radius 2 is 2.25 bits per heavy atom. The van der Waals surface area contributed by atoms with Gasteiger partial charge in [-0.25, -0.2) is 0 Å². The molecule has 0 radical (unpaired) electrons. The maximum absolute atomic E-state index is 10.5. The molecule has 0 N–H and O–H groups in total. The summed E-state index contributed by atoms with van der Waals surface area (Å²) in [6.45, 7) is 0. The van der Waals surface area contributed by atoms with Gasteiger partial charge in [-0.15, -0.1) is 0 Å². The first-order chi connectivity index (χ1) is 5.66. The molecule has 0 saturated heterocycles. The standard InChI is InChI=1S/C6H4Br2N2O2/c7-1-4-2-9-3-5(8)6(4)10(11)12/h2-3H,1H2. The molecule has 0 aliphatic carbocycles. The summed E-state index contributed by atoms with van der Waals surface area (Å²) in [4.78, 5) is 13.9. The van der Waals surface area contributed by atoms with E-state index in [0.717, 1.165) is 0 Å². The van der Waals surface area contributed by atoms with Gasteiger partial charge in [0.2, 0.25) is 0 Å². The maximum Gasteiger partial charge on any atom is 0.290 e. The van der Waals surface area contributed by atoms with Crippen LogP contribution in [0.4, 0.5) is 5.69 Å². The third kappa shape index (κ3) is 1.81. The van der Waals surface area contributed by atoms with Crippen molar-refractivity contribution in [1.29, 1.82) is 0 Å². The summed E-state index contributed by atoms with van der Waals surface area (Å²) in [7, 11) is 0. The molecule has 0 atom stereocenters. The van der Waals surface area contributed by atoms with Crippen LogP contribution in [0.2, 0.25) is 0 Å². The largest absolute Gasteiger partial charge is 0.290 e. The van der Waals surface area contributed by atoms with Gasteiger partial charge in [-0.05, 0) is 15.9 Å². The van der Waals surface area contributed by atoms with E-state index in [1.807, 2.05) is 0 Å². The molecule has 64 valence electrons. The van der Waals surface area contributed by atoms with Crippen molar-refractivity contribution in [2.24, 2.45) is 0 Å². The molecule has 12 heavy (non-hydrogen) atoms. The molecule has 1 heterocycles. The number of rotatable bonds is 2. The van der Waals surface area contributed by atoms with E-state index in [2.05, 4.69) is 36.8 Å². The summed E-state index contributed by atoms with van der Waals surface area (Å²) >= 11 is 6.21. The molecule has 0 saturated carbocycles. The maximum atomic E-state index is 10.5. The van der Waals surface area contributed by atoms with Crippen LogP contribution in [0.25, 0.3) is 0 Å². The number of aromatic nitrogens is 1. The SMILES string of the molecule is O=[N+]([O-])c1c(Br)cncc1CBr. The van der Waals surface area contributed by atoms with Gasteiger partial charge in [0, 0.05) is 17.7 Å². The molecule has 0 aliphatic rings. The van der Waals surface area contributed by atoms with Gasteiger partial charge in [0.15, 0.2) is 0 Å². The Hall–Kier alpha value is -0.490. The second-order valence-corrected chi connectivity index (χ2v) is 3.43. The molecule has 0 spiro atoms. The average Bonchev–Trinajstić information content (AvgIpc) is 2.03. The van der Waals surface area contributed by atoms with Gasteiger partial charge in [0.25, 0.3) is 5.69 Å². The molecule has 0 aliphatic heterocycles. The number of nitrogens with zero attached hydrogens (tertiary/aromatic N) is 2. The fraction of sp³-hybridized carbons (Fsp3) is 0.167. The van der Waals surface area contributed by atoms with E-state index >= 15 is 0 Å². The number of pyridine rings is 1. The monoisotopic (exact) mass is 294 g/mol. The van der Waals surface area contributed by atoms with Crippen LogP contribution in [0.15, 0.2) is 16.9 Å². The summed E-state index contributed by atoms with van der Waals surface area (Å²) < 4.78 is 0.407. The van der Waals surface area contributed by atoms with Crippen molar-refractivity contribution in [3.63, 3.8) is 0 Å². The Kier molecular flexibility index (Phi) is 3.16. The van der Waals surface area contributed by atoms with E-state index < -0.39 is 4.92 Å². The zero-order valence-electron chi connectivity index (χ0n) is 5.83. The minimum Gasteiger partial charge on any atom is -0.263 e. The Bertz CT molecular complexity index is 316. The van der Waals surface area contributed by atoms with E-state index in [4.69, 9.17) is 0 Å². The van der Waals surface area contributed by atoms with Crippen molar-refractivity contribution >= 4 is 37.5 Å². The zero-order valence-corrected chi connectivity index (χ0v) is 9.00. The number of hydrogen-bond donors (Lipinski definition) is 0. The fourth-order valence-corrected chi connectivity index (χ4v) is 1.70. The number of alkyl halides is 1. The van der Waals surface area contributed by atoms with Crippen LogP contribution in [0.3, 0.4) is 0 Å². The van der Waals surface area contributed by atoms with Gasteiger partial charge in [-0.3, -0.25) is 15.1 Å². The highest BCUT2D eigenvalue weighted by molar-refractivity contribution is 9.10. The first-order valence-electron chi connectivity index (χ1n) is 2.99. The van der Waals surface area contributed by atoms with Crippen molar-refractivity contribution in [3.8, 4) is 0 Å². The molecular weight excluding hydrogens is 292 g/mol. The lowest BCUT2D eigenvalue weighted by atomic mass is 10.3. The highest BCUT2D eigenvalue weighted by Crippen LogP contribution is 2.28. The van der Waals surface area contributed by atoms with Crippen LogP contribution in [-0.2, 0) is 5.33 Å². The van der Waals surface area contributed by atoms with Gasteiger partial charge < -0.3 is 0 Å². The van der Waals surface area contributed by atoms with Crippen molar-refractivity contribution in [2.75, 3.05) is 0 Å². The van der Waals surface area contributed by atoms with E-state index in [9.17, 15) is 10.1 Å². The molecule has 1 aromatic heterocycles. The minimum atomic E-state index is -0.428. The van der Waals surface area contributed by atoms with Crippen LogP contribution in [0.1, 0.15) is 5.56 Å². The molecule has 4 nitrogen and oxygen atoms in total.